The summed E-state index contributed by atoms with van der Waals surface area (Å²) >= 11 is 6.13. The molecule has 1 aliphatic carbocycles. The smallest absolute Gasteiger partial charge is 0.282 e. The van der Waals surface area contributed by atoms with Crippen molar-refractivity contribution < 1.29 is 17.9 Å². The van der Waals surface area contributed by atoms with Crippen LogP contribution in [0, 0.1) is 0 Å². The molecule has 0 aliphatic heterocycles. The van der Waals surface area contributed by atoms with Gasteiger partial charge in [0.05, 0.1) is 26.7 Å². The second-order valence-corrected chi connectivity index (χ2v) is 7.29. The standard InChI is InChI=1S/C13H9Br2NO4S/c1-20-9-2-4-10(5-3-9)21(18,19)16-8-6-11(14)13(17)12(15)7-8/h2-7H,1H3. The number of sulfonamides is 1. The van der Waals surface area contributed by atoms with Crippen molar-refractivity contribution in [2.45, 2.75) is 4.90 Å². The monoisotopic (exact) mass is 433 g/mol. The third-order valence-corrected chi connectivity index (χ3v) is 5.06. The molecule has 110 valence electrons. The van der Waals surface area contributed by atoms with E-state index in [9.17, 15) is 13.2 Å². The number of allylic oxidation sites excluding steroid dienone is 4. The molecule has 0 fully saturated rings. The van der Waals surface area contributed by atoms with Crippen molar-refractivity contribution in [2.24, 2.45) is 4.40 Å². The largest absolute Gasteiger partial charge is 0.497 e. The average Bonchev–Trinajstić information content (AvgIpc) is 2.44. The Hall–Kier alpha value is -1.25. The zero-order valence-corrected chi connectivity index (χ0v) is 14.7. The maximum absolute atomic E-state index is 12.2. The first-order valence-electron chi connectivity index (χ1n) is 5.61. The molecule has 0 saturated heterocycles. The Morgan fingerprint density at radius 1 is 1.05 bits per heavy atom. The lowest BCUT2D eigenvalue weighted by molar-refractivity contribution is -0.110. The van der Waals surface area contributed by atoms with Crippen LogP contribution in [0.3, 0.4) is 0 Å². The van der Waals surface area contributed by atoms with Crippen LogP contribution in [0.15, 0.2) is 54.7 Å². The number of rotatable bonds is 3. The molecule has 0 spiro atoms. The minimum absolute atomic E-state index is 0.0433. The fraction of sp³-hybridized carbons (Fsp3) is 0.0769. The molecule has 5 nitrogen and oxygen atoms in total. The number of nitrogens with zero attached hydrogens (tertiary/aromatic N) is 1. The van der Waals surface area contributed by atoms with E-state index in [0.717, 1.165) is 0 Å². The lowest BCUT2D eigenvalue weighted by Gasteiger charge is -2.07. The van der Waals surface area contributed by atoms with E-state index in [4.69, 9.17) is 4.74 Å². The number of ketones is 1. The topological polar surface area (TPSA) is 72.8 Å². The summed E-state index contributed by atoms with van der Waals surface area (Å²) in [5.74, 6) is 0.283. The van der Waals surface area contributed by atoms with Crippen LogP contribution in [0.5, 0.6) is 5.75 Å². The highest BCUT2D eigenvalue weighted by Gasteiger charge is 2.19. The van der Waals surface area contributed by atoms with Crippen LogP contribution in [0.25, 0.3) is 0 Å². The molecule has 21 heavy (non-hydrogen) atoms. The second kappa shape index (κ2) is 6.25. The number of hydrogen-bond donors (Lipinski definition) is 0. The fourth-order valence-electron chi connectivity index (χ4n) is 1.54. The number of hydrogen-bond acceptors (Lipinski definition) is 4. The second-order valence-electron chi connectivity index (χ2n) is 3.98. The Bertz CT molecular complexity index is 753. The molecule has 0 saturated carbocycles. The van der Waals surface area contributed by atoms with Gasteiger partial charge < -0.3 is 4.74 Å². The van der Waals surface area contributed by atoms with E-state index in [1.807, 2.05) is 0 Å². The van der Waals surface area contributed by atoms with Crippen molar-refractivity contribution in [3.63, 3.8) is 0 Å². The molecule has 0 aromatic heterocycles. The number of ether oxygens (including phenoxy) is 1. The lowest BCUT2D eigenvalue weighted by Crippen LogP contribution is -2.09. The minimum Gasteiger partial charge on any atom is -0.497 e. The third-order valence-electron chi connectivity index (χ3n) is 2.57. The Kier molecular flexibility index (Phi) is 4.80. The first-order chi connectivity index (χ1) is 9.83. The molecule has 1 aromatic carbocycles. The van der Waals surface area contributed by atoms with Crippen LogP contribution in [0.2, 0.25) is 0 Å². The van der Waals surface area contributed by atoms with Crippen LogP contribution < -0.4 is 4.74 Å². The number of benzene rings is 1. The molecular weight excluding hydrogens is 426 g/mol. The Balaban J connectivity index is 2.41. The molecule has 1 aromatic rings. The first-order valence-corrected chi connectivity index (χ1v) is 8.64. The van der Waals surface area contributed by atoms with E-state index < -0.39 is 10.0 Å². The number of Topliss-reactive ketones (excluding diaryl/α,β-unsaturated/α-hetero) is 1. The van der Waals surface area contributed by atoms with Gasteiger partial charge in [-0.15, -0.1) is 0 Å². The first kappa shape index (κ1) is 16.1. The molecule has 8 heteroatoms. The molecule has 0 atom stereocenters. The van der Waals surface area contributed by atoms with Gasteiger partial charge in [-0.2, -0.15) is 12.8 Å². The van der Waals surface area contributed by atoms with E-state index in [-0.39, 0.29) is 25.4 Å². The van der Waals surface area contributed by atoms with Crippen LogP contribution >= 0.6 is 31.9 Å². The van der Waals surface area contributed by atoms with E-state index >= 15 is 0 Å². The third kappa shape index (κ3) is 3.69. The highest BCUT2D eigenvalue weighted by molar-refractivity contribution is 9.13. The summed E-state index contributed by atoms with van der Waals surface area (Å²) in [4.78, 5) is 11.6. The number of carbonyl (C=O) groups is 1. The maximum Gasteiger partial charge on any atom is 0.282 e. The van der Waals surface area contributed by atoms with Crippen molar-refractivity contribution in [3.05, 3.63) is 45.4 Å². The molecule has 2 rings (SSSR count). The zero-order chi connectivity index (χ0) is 15.6. The average molecular weight is 435 g/mol. The van der Waals surface area contributed by atoms with Crippen molar-refractivity contribution in [2.75, 3.05) is 7.11 Å². The fourth-order valence-corrected chi connectivity index (χ4v) is 3.67. The van der Waals surface area contributed by atoms with Gasteiger partial charge in [-0.05, 0) is 68.3 Å². The van der Waals surface area contributed by atoms with Gasteiger partial charge in [-0.1, -0.05) is 0 Å². The summed E-state index contributed by atoms with van der Waals surface area (Å²) < 4.78 is 33.5. The maximum atomic E-state index is 12.2. The molecule has 0 bridgehead atoms. The predicted molar refractivity (Wildman–Crippen MR) is 86.6 cm³/mol. The quantitative estimate of drug-likeness (QED) is 0.685. The highest BCUT2D eigenvalue weighted by atomic mass is 79.9. The summed E-state index contributed by atoms with van der Waals surface area (Å²) in [5.41, 5.74) is 0.157. The van der Waals surface area contributed by atoms with Crippen LogP contribution in [-0.2, 0) is 14.8 Å². The minimum atomic E-state index is -3.86. The SMILES string of the molecule is COc1ccc(S(=O)(=O)N=C2C=C(Br)C(=O)C(Br)=C2)cc1. The Morgan fingerprint density at radius 2 is 1.57 bits per heavy atom. The van der Waals surface area contributed by atoms with E-state index in [0.29, 0.717) is 5.75 Å². The summed E-state index contributed by atoms with van der Waals surface area (Å²) in [6.07, 6.45) is 2.71. The molecule has 0 radical (unpaired) electrons. The van der Waals surface area contributed by atoms with Crippen LogP contribution in [-0.4, -0.2) is 27.0 Å². The molecule has 0 N–H and O–H groups in total. The molecule has 0 unspecified atom stereocenters. The van der Waals surface area contributed by atoms with Crippen LogP contribution in [0.4, 0.5) is 0 Å². The van der Waals surface area contributed by atoms with E-state index in [1.54, 1.807) is 0 Å². The van der Waals surface area contributed by atoms with Gasteiger partial charge in [-0.25, -0.2) is 0 Å². The van der Waals surface area contributed by atoms with Gasteiger partial charge in [0.15, 0.2) is 0 Å². The predicted octanol–water partition coefficient (Wildman–Crippen LogP) is 2.97. The summed E-state index contributed by atoms with van der Waals surface area (Å²) in [7, 11) is -2.37. The summed E-state index contributed by atoms with van der Waals surface area (Å²) in [5, 5.41) is 0. The summed E-state index contributed by atoms with van der Waals surface area (Å²) in [6.45, 7) is 0. The Morgan fingerprint density at radius 3 is 2.05 bits per heavy atom. The number of halogens is 2. The van der Waals surface area contributed by atoms with Crippen LogP contribution in [0.1, 0.15) is 0 Å². The molecule has 0 heterocycles. The lowest BCUT2D eigenvalue weighted by atomic mass is 10.2. The molecular formula is C13H9Br2NO4S. The van der Waals surface area contributed by atoms with Gasteiger partial charge in [0.1, 0.15) is 5.75 Å². The van der Waals surface area contributed by atoms with Crippen molar-refractivity contribution in [3.8, 4) is 5.75 Å². The highest BCUT2D eigenvalue weighted by Crippen LogP contribution is 2.24. The Labute approximate surface area is 138 Å². The number of carbonyl (C=O) groups excluding carboxylic acids is 1. The summed E-state index contributed by atoms with van der Waals surface area (Å²) in [6, 6.07) is 5.89. The zero-order valence-electron chi connectivity index (χ0n) is 10.7. The van der Waals surface area contributed by atoms with Gasteiger partial charge in [0.25, 0.3) is 10.0 Å². The van der Waals surface area contributed by atoms with Gasteiger partial charge in [0.2, 0.25) is 5.78 Å². The van der Waals surface area contributed by atoms with Gasteiger partial charge in [-0.3, -0.25) is 4.79 Å². The van der Waals surface area contributed by atoms with E-state index in [1.165, 1.54) is 43.5 Å². The van der Waals surface area contributed by atoms with Gasteiger partial charge in [0, 0.05) is 0 Å². The number of methoxy groups -OCH3 is 1. The van der Waals surface area contributed by atoms with Crippen molar-refractivity contribution in [1.29, 1.82) is 0 Å². The van der Waals surface area contributed by atoms with Crippen molar-refractivity contribution >= 4 is 53.4 Å². The van der Waals surface area contributed by atoms with E-state index in [2.05, 4.69) is 36.3 Å². The molecule has 0 amide bonds. The normalized spacial score (nSPS) is 15.4. The van der Waals surface area contributed by atoms with Gasteiger partial charge >= 0.3 is 0 Å². The van der Waals surface area contributed by atoms with Crippen molar-refractivity contribution in [1.82, 2.24) is 0 Å². The molecule has 1 aliphatic rings.